The molecule has 1 saturated heterocycles. The molecule has 0 aromatic heterocycles. The van der Waals surface area contributed by atoms with Crippen LogP contribution in [0.1, 0.15) is 37.3 Å². The molecule has 2 aliphatic rings. The number of amides is 2. The summed E-state index contributed by atoms with van der Waals surface area (Å²) in [6, 6.07) is 13.1. The molecule has 0 aliphatic carbocycles. The Bertz CT molecular complexity index is 1120. The van der Waals surface area contributed by atoms with Gasteiger partial charge in [-0.3, -0.25) is 15.0 Å². The minimum Gasteiger partial charge on any atom is -0.493 e. The number of hydrazone groups is 1. The molecule has 2 aromatic carbocycles. The second-order valence-corrected chi connectivity index (χ2v) is 10.3. The molecule has 2 amide bonds. The summed E-state index contributed by atoms with van der Waals surface area (Å²) < 4.78 is 16.6. The van der Waals surface area contributed by atoms with Crippen molar-refractivity contribution in [2.45, 2.75) is 32.7 Å². The fourth-order valence-corrected chi connectivity index (χ4v) is 5.20. The number of nitrogens with one attached hydrogen (secondary N) is 1. The van der Waals surface area contributed by atoms with Crippen molar-refractivity contribution in [3.8, 4) is 11.5 Å². The van der Waals surface area contributed by atoms with Gasteiger partial charge < -0.3 is 14.2 Å². The summed E-state index contributed by atoms with van der Waals surface area (Å²) in [5.41, 5.74) is 3.29. The van der Waals surface area contributed by atoms with Crippen LogP contribution >= 0.6 is 11.8 Å². The molecule has 0 unspecified atom stereocenters. The number of methoxy groups -OCH3 is 1. The van der Waals surface area contributed by atoms with Gasteiger partial charge in [0.1, 0.15) is 6.61 Å². The van der Waals surface area contributed by atoms with Crippen LogP contribution in [0.15, 0.2) is 47.6 Å². The minimum atomic E-state index is -0.466. The van der Waals surface area contributed by atoms with Crippen LogP contribution in [0.25, 0.3) is 0 Å². The van der Waals surface area contributed by atoms with E-state index in [9.17, 15) is 9.59 Å². The van der Waals surface area contributed by atoms with Crippen LogP contribution in [0.3, 0.4) is 0 Å². The third-order valence-electron chi connectivity index (χ3n) is 6.34. The van der Waals surface area contributed by atoms with Gasteiger partial charge in [0, 0.05) is 55.2 Å². The van der Waals surface area contributed by atoms with Crippen LogP contribution in [0.4, 0.5) is 10.5 Å². The van der Waals surface area contributed by atoms with E-state index < -0.39 is 6.09 Å². The Labute approximate surface area is 228 Å². The maximum Gasteiger partial charge on any atom is 0.411 e. The summed E-state index contributed by atoms with van der Waals surface area (Å²) >= 11 is 1.96. The minimum absolute atomic E-state index is 0.0252. The zero-order valence-electron chi connectivity index (χ0n) is 22.1. The van der Waals surface area contributed by atoms with E-state index >= 15 is 0 Å². The average Bonchev–Trinajstić information content (AvgIpc) is 2.94. The van der Waals surface area contributed by atoms with Gasteiger partial charge in [-0.2, -0.15) is 16.9 Å². The summed E-state index contributed by atoms with van der Waals surface area (Å²) in [6.07, 6.45) is 1.38. The van der Waals surface area contributed by atoms with Crippen LogP contribution < -0.4 is 14.8 Å². The molecule has 0 radical (unpaired) electrons. The molecule has 0 bridgehead atoms. The van der Waals surface area contributed by atoms with Gasteiger partial charge in [-0.05, 0) is 42.3 Å². The Morgan fingerprint density at radius 2 is 1.84 bits per heavy atom. The molecule has 9 nitrogen and oxygen atoms in total. The Balaban J connectivity index is 1.33. The molecular formula is C28H36N4O5S. The number of rotatable bonds is 11. The van der Waals surface area contributed by atoms with Gasteiger partial charge in [0.05, 0.1) is 26.0 Å². The molecule has 2 aromatic rings. The first-order chi connectivity index (χ1) is 18.6. The van der Waals surface area contributed by atoms with Crippen molar-refractivity contribution >= 4 is 35.2 Å². The normalized spacial score (nSPS) is 16.1. The van der Waals surface area contributed by atoms with Crippen LogP contribution in [-0.4, -0.2) is 79.1 Å². The molecule has 0 saturated carbocycles. The molecule has 1 N–H and O–H groups in total. The third kappa shape index (κ3) is 7.88. The molecule has 10 heteroatoms. The lowest BCUT2D eigenvalue weighted by Crippen LogP contribution is -2.35. The lowest BCUT2D eigenvalue weighted by Gasteiger charge is -2.25. The van der Waals surface area contributed by atoms with Crippen LogP contribution in [0, 0.1) is 0 Å². The van der Waals surface area contributed by atoms with Gasteiger partial charge in [0.2, 0.25) is 5.91 Å². The molecule has 0 spiro atoms. The number of ether oxygens (including phenoxy) is 3. The number of hydrogen-bond donors (Lipinski definition) is 1. The van der Waals surface area contributed by atoms with Crippen molar-refractivity contribution in [2.75, 3.05) is 56.8 Å². The molecule has 2 aliphatic heterocycles. The first kappa shape index (κ1) is 27.8. The highest BCUT2D eigenvalue weighted by Gasteiger charge is 2.22. The smallest absolute Gasteiger partial charge is 0.411 e. The highest BCUT2D eigenvalue weighted by Crippen LogP contribution is 2.30. The molecule has 2 heterocycles. The quantitative estimate of drug-likeness (QED) is 0.445. The summed E-state index contributed by atoms with van der Waals surface area (Å²) in [5, 5.41) is 8.93. The molecule has 204 valence electrons. The summed E-state index contributed by atoms with van der Waals surface area (Å²) in [6.45, 7) is 6.19. The maximum atomic E-state index is 12.6. The van der Waals surface area contributed by atoms with Gasteiger partial charge >= 0.3 is 6.09 Å². The number of thioether (sulfide) groups is 1. The van der Waals surface area contributed by atoms with E-state index in [2.05, 4.69) is 22.2 Å². The molecule has 4 rings (SSSR count). The standard InChI is InChI=1S/C28H36N4O5S/c1-3-15-36-26-19-22(6-10-25(26)35-2)24-9-11-27(33)32(30-24)20-21-4-7-23(8-5-21)29-28(34)37-16-12-31-13-17-38-18-14-31/h4-8,10,19H,3,9,11-18,20H2,1-2H3,(H,29,34). The van der Waals surface area contributed by atoms with E-state index in [1.165, 1.54) is 5.01 Å². The second-order valence-electron chi connectivity index (χ2n) is 9.12. The van der Waals surface area contributed by atoms with Crippen LogP contribution in [0.5, 0.6) is 11.5 Å². The van der Waals surface area contributed by atoms with Crippen molar-refractivity contribution in [1.29, 1.82) is 0 Å². The predicted octanol–water partition coefficient (Wildman–Crippen LogP) is 4.61. The van der Waals surface area contributed by atoms with E-state index in [1.807, 2.05) is 42.1 Å². The van der Waals surface area contributed by atoms with E-state index in [-0.39, 0.29) is 5.91 Å². The van der Waals surface area contributed by atoms with Gasteiger partial charge in [-0.1, -0.05) is 19.1 Å². The highest BCUT2D eigenvalue weighted by molar-refractivity contribution is 7.99. The molecular weight excluding hydrogens is 504 g/mol. The van der Waals surface area contributed by atoms with E-state index in [0.29, 0.717) is 49.8 Å². The number of nitrogens with zero attached hydrogens (tertiary/aromatic N) is 3. The zero-order valence-corrected chi connectivity index (χ0v) is 22.9. The van der Waals surface area contributed by atoms with Crippen LogP contribution in [0.2, 0.25) is 0 Å². The van der Waals surface area contributed by atoms with E-state index in [0.717, 1.165) is 54.4 Å². The largest absolute Gasteiger partial charge is 0.493 e. The predicted molar refractivity (Wildman–Crippen MR) is 150 cm³/mol. The summed E-state index contributed by atoms with van der Waals surface area (Å²) in [4.78, 5) is 27.1. The van der Waals surface area contributed by atoms with Crippen LogP contribution in [-0.2, 0) is 16.1 Å². The third-order valence-corrected chi connectivity index (χ3v) is 7.28. The van der Waals surface area contributed by atoms with E-state index in [1.54, 1.807) is 19.2 Å². The molecule has 0 atom stereocenters. The number of carbonyl (C=O) groups is 2. The van der Waals surface area contributed by atoms with Crippen molar-refractivity contribution in [3.63, 3.8) is 0 Å². The van der Waals surface area contributed by atoms with Gasteiger partial charge in [-0.25, -0.2) is 9.80 Å². The lowest BCUT2D eigenvalue weighted by molar-refractivity contribution is -0.132. The fourth-order valence-electron chi connectivity index (χ4n) is 4.23. The summed E-state index contributed by atoms with van der Waals surface area (Å²) in [7, 11) is 1.62. The van der Waals surface area contributed by atoms with Gasteiger partial charge in [-0.15, -0.1) is 0 Å². The van der Waals surface area contributed by atoms with Crippen molar-refractivity contribution in [2.24, 2.45) is 5.10 Å². The second kappa shape index (κ2) is 14.1. The van der Waals surface area contributed by atoms with Crippen molar-refractivity contribution in [1.82, 2.24) is 9.91 Å². The topological polar surface area (TPSA) is 92.7 Å². The lowest BCUT2D eigenvalue weighted by atomic mass is 10.0. The Hall–Kier alpha value is -3.24. The number of anilines is 1. The zero-order chi connectivity index (χ0) is 26.7. The molecule has 1 fully saturated rings. The first-order valence-electron chi connectivity index (χ1n) is 13.1. The maximum absolute atomic E-state index is 12.6. The number of benzene rings is 2. The summed E-state index contributed by atoms with van der Waals surface area (Å²) in [5.74, 6) is 3.58. The first-order valence-corrected chi connectivity index (χ1v) is 14.2. The Morgan fingerprint density at radius 3 is 2.58 bits per heavy atom. The van der Waals surface area contributed by atoms with Crippen molar-refractivity contribution in [3.05, 3.63) is 53.6 Å². The number of carbonyl (C=O) groups excluding carboxylic acids is 2. The average molecular weight is 541 g/mol. The Kier molecular flexibility index (Phi) is 10.3. The van der Waals surface area contributed by atoms with Gasteiger partial charge in [0.15, 0.2) is 11.5 Å². The van der Waals surface area contributed by atoms with Gasteiger partial charge in [0.25, 0.3) is 0 Å². The SMILES string of the molecule is CCCOc1cc(C2=NN(Cc3ccc(NC(=O)OCCN4CCSCC4)cc3)C(=O)CC2)ccc1OC. The highest BCUT2D eigenvalue weighted by atomic mass is 32.2. The number of hydrogen-bond acceptors (Lipinski definition) is 8. The Morgan fingerprint density at radius 1 is 1.05 bits per heavy atom. The monoisotopic (exact) mass is 540 g/mol. The van der Waals surface area contributed by atoms with E-state index in [4.69, 9.17) is 14.2 Å². The molecule has 38 heavy (non-hydrogen) atoms. The van der Waals surface area contributed by atoms with Crippen molar-refractivity contribution < 1.29 is 23.8 Å². The fraction of sp³-hybridized carbons (Fsp3) is 0.464.